The molecule has 0 amide bonds. The topological polar surface area (TPSA) is 3.24 Å². The lowest BCUT2D eigenvalue weighted by atomic mass is 9.57. The Morgan fingerprint density at radius 1 is 0.675 bits per heavy atom. The van der Waals surface area contributed by atoms with E-state index in [9.17, 15) is 0 Å². The normalized spacial score (nSPS) is 24.5. The Balaban J connectivity index is 1.36. The molecule has 2 aliphatic carbocycles. The molecule has 8 rings (SSSR count). The van der Waals surface area contributed by atoms with E-state index in [4.69, 9.17) is 0 Å². The van der Waals surface area contributed by atoms with Crippen LogP contribution in [-0.4, -0.2) is 5.54 Å². The van der Waals surface area contributed by atoms with Gasteiger partial charge in [0.25, 0.3) is 0 Å². The quantitative estimate of drug-likeness (QED) is 0.198. The molecule has 0 spiro atoms. The van der Waals surface area contributed by atoms with Gasteiger partial charge in [-0.15, -0.1) is 0 Å². The molecule has 0 aromatic heterocycles. The largest absolute Gasteiger partial charge is 0.335 e. The van der Waals surface area contributed by atoms with Crippen LogP contribution in [0, 0.1) is 12.3 Å². The van der Waals surface area contributed by atoms with Crippen LogP contribution in [0.5, 0.6) is 0 Å². The number of nitrogens with zero attached hydrogens (tertiary/aromatic N) is 1. The van der Waals surface area contributed by atoms with Crippen molar-refractivity contribution in [1.82, 2.24) is 0 Å². The van der Waals surface area contributed by atoms with E-state index in [0.29, 0.717) is 0 Å². The van der Waals surface area contributed by atoms with Gasteiger partial charge in [0.05, 0.1) is 0 Å². The predicted molar refractivity (Wildman–Crippen MR) is 171 cm³/mol. The van der Waals surface area contributed by atoms with Gasteiger partial charge in [-0.3, -0.25) is 0 Å². The van der Waals surface area contributed by atoms with Gasteiger partial charge in [0.15, 0.2) is 0 Å². The minimum absolute atomic E-state index is 0.0524. The smallest absolute Gasteiger partial charge is 0.0480 e. The van der Waals surface area contributed by atoms with Crippen LogP contribution < -0.4 is 4.90 Å². The van der Waals surface area contributed by atoms with Gasteiger partial charge in [-0.05, 0) is 106 Å². The summed E-state index contributed by atoms with van der Waals surface area (Å²) in [5, 5.41) is 5.39. The molecule has 2 atom stereocenters. The van der Waals surface area contributed by atoms with Gasteiger partial charge in [-0.2, -0.15) is 0 Å². The number of rotatable bonds is 1. The fourth-order valence-electron chi connectivity index (χ4n) is 8.85. The first-order valence-corrected chi connectivity index (χ1v) is 15.2. The second-order valence-corrected chi connectivity index (χ2v) is 13.9. The Morgan fingerprint density at radius 2 is 1.48 bits per heavy atom. The maximum absolute atomic E-state index is 2.76. The molecule has 0 N–H and O–H groups in total. The molecular weight excluding hydrogens is 482 g/mol. The van der Waals surface area contributed by atoms with Crippen molar-refractivity contribution < 1.29 is 0 Å². The fraction of sp³-hybridized carbons (Fsp3) is 0.333. The van der Waals surface area contributed by atoms with E-state index in [2.05, 4.69) is 124 Å². The molecule has 40 heavy (non-hydrogen) atoms. The number of benzene rings is 5. The lowest BCUT2D eigenvalue weighted by Crippen LogP contribution is -2.60. The van der Waals surface area contributed by atoms with Crippen LogP contribution in [0.2, 0.25) is 0 Å². The van der Waals surface area contributed by atoms with Gasteiger partial charge in [-0.25, -0.2) is 0 Å². The van der Waals surface area contributed by atoms with Crippen molar-refractivity contribution in [3.8, 4) is 11.1 Å². The highest BCUT2D eigenvalue weighted by molar-refractivity contribution is 6.14. The van der Waals surface area contributed by atoms with Crippen LogP contribution in [0.1, 0.15) is 75.6 Å². The SMILES string of the molecule is Cc1ccc2c(c1)CC1(C)CCCCC1(C)N2c1ccc2c(c1)C(C)(C)c1ccc3c(ccc4ccccc43)c1-2. The standard InChI is InChI=1S/C39H39N/c1-25-12-19-35-27(22-25)24-38(4)20-8-9-21-39(38,5)40(35)28-14-16-32-34(23-28)37(2,3)33-18-17-30-29-11-7-6-10-26(29)13-15-31(30)36(32)33/h6-7,10-19,22-23H,8-9,20-21,24H2,1-5H3. The number of fused-ring (bicyclic) bond motifs is 9. The van der Waals surface area contributed by atoms with Crippen molar-refractivity contribution in [3.05, 3.63) is 107 Å². The van der Waals surface area contributed by atoms with E-state index in [-0.39, 0.29) is 16.4 Å². The molecule has 5 aromatic carbocycles. The molecule has 2 unspecified atom stereocenters. The summed E-state index contributed by atoms with van der Waals surface area (Å²) >= 11 is 0. The molecule has 1 nitrogen and oxygen atoms in total. The molecule has 0 bridgehead atoms. The maximum atomic E-state index is 2.76. The third-order valence-corrected chi connectivity index (χ3v) is 11.3. The van der Waals surface area contributed by atoms with Gasteiger partial charge in [0.1, 0.15) is 0 Å². The Labute approximate surface area is 238 Å². The number of hydrogen-bond donors (Lipinski definition) is 0. The average Bonchev–Trinajstić information content (AvgIpc) is 3.18. The van der Waals surface area contributed by atoms with E-state index in [1.807, 2.05) is 0 Å². The predicted octanol–water partition coefficient (Wildman–Crippen LogP) is 10.6. The molecule has 0 radical (unpaired) electrons. The third kappa shape index (κ3) is 3.04. The first-order chi connectivity index (χ1) is 19.2. The van der Waals surface area contributed by atoms with Crippen LogP contribution in [0.25, 0.3) is 32.7 Å². The number of anilines is 2. The van der Waals surface area contributed by atoms with Gasteiger partial charge < -0.3 is 4.90 Å². The van der Waals surface area contributed by atoms with Crippen molar-refractivity contribution in [1.29, 1.82) is 0 Å². The summed E-state index contributed by atoms with van der Waals surface area (Å²) in [5.74, 6) is 0. The average molecular weight is 522 g/mol. The first-order valence-electron chi connectivity index (χ1n) is 15.2. The molecule has 1 heteroatoms. The number of aryl methyl sites for hydroxylation is 1. The lowest BCUT2D eigenvalue weighted by Gasteiger charge is -2.60. The third-order valence-electron chi connectivity index (χ3n) is 11.3. The van der Waals surface area contributed by atoms with Crippen LogP contribution in [0.15, 0.2) is 84.9 Å². The molecule has 200 valence electrons. The minimum atomic E-state index is -0.0524. The molecule has 3 aliphatic rings. The van der Waals surface area contributed by atoms with Crippen LogP contribution in [0.4, 0.5) is 11.4 Å². The molecule has 1 saturated carbocycles. The Hall–Kier alpha value is -3.58. The summed E-state index contributed by atoms with van der Waals surface area (Å²) in [7, 11) is 0. The van der Waals surface area contributed by atoms with Gasteiger partial charge in [-0.1, -0.05) is 106 Å². The summed E-state index contributed by atoms with van der Waals surface area (Å²) in [5.41, 5.74) is 11.7. The summed E-state index contributed by atoms with van der Waals surface area (Å²) in [6.45, 7) is 12.2. The van der Waals surface area contributed by atoms with Gasteiger partial charge in [0, 0.05) is 22.3 Å². The highest BCUT2D eigenvalue weighted by Gasteiger charge is 2.54. The second kappa shape index (κ2) is 8.00. The van der Waals surface area contributed by atoms with Crippen molar-refractivity contribution in [3.63, 3.8) is 0 Å². The molecule has 0 saturated heterocycles. The van der Waals surface area contributed by atoms with Gasteiger partial charge >= 0.3 is 0 Å². The Bertz CT molecular complexity index is 1860. The second-order valence-electron chi connectivity index (χ2n) is 13.9. The molecule has 1 aliphatic heterocycles. The minimum Gasteiger partial charge on any atom is -0.335 e. The van der Waals surface area contributed by atoms with E-state index in [1.54, 1.807) is 0 Å². The van der Waals surface area contributed by atoms with Crippen LogP contribution in [0.3, 0.4) is 0 Å². The zero-order valence-corrected chi connectivity index (χ0v) is 24.6. The van der Waals surface area contributed by atoms with E-state index < -0.39 is 0 Å². The van der Waals surface area contributed by atoms with Crippen molar-refractivity contribution in [2.75, 3.05) is 4.90 Å². The Morgan fingerprint density at radius 3 is 2.35 bits per heavy atom. The van der Waals surface area contributed by atoms with Crippen LogP contribution >= 0.6 is 0 Å². The zero-order valence-electron chi connectivity index (χ0n) is 24.6. The Kier molecular flexibility index (Phi) is 4.85. The molecule has 1 heterocycles. The molecule has 5 aromatic rings. The monoisotopic (exact) mass is 521 g/mol. The lowest BCUT2D eigenvalue weighted by molar-refractivity contribution is 0.0862. The zero-order chi connectivity index (χ0) is 27.4. The molecular formula is C39H39N. The van der Waals surface area contributed by atoms with Crippen molar-refractivity contribution >= 4 is 32.9 Å². The van der Waals surface area contributed by atoms with Crippen LogP contribution in [-0.2, 0) is 11.8 Å². The summed E-state index contributed by atoms with van der Waals surface area (Å²) in [6.07, 6.45) is 6.38. The van der Waals surface area contributed by atoms with E-state index in [1.165, 1.54) is 98.4 Å². The highest BCUT2D eigenvalue weighted by atomic mass is 15.2. The number of hydrogen-bond acceptors (Lipinski definition) is 1. The highest BCUT2D eigenvalue weighted by Crippen LogP contribution is 2.59. The fourth-order valence-corrected chi connectivity index (χ4v) is 8.85. The molecule has 1 fully saturated rings. The maximum Gasteiger partial charge on any atom is 0.0480 e. The summed E-state index contributed by atoms with van der Waals surface area (Å²) in [6, 6.07) is 32.8. The van der Waals surface area contributed by atoms with Crippen molar-refractivity contribution in [2.45, 2.75) is 77.7 Å². The van der Waals surface area contributed by atoms with E-state index in [0.717, 1.165) is 0 Å². The summed E-state index contributed by atoms with van der Waals surface area (Å²) < 4.78 is 0. The van der Waals surface area contributed by atoms with Gasteiger partial charge in [0.2, 0.25) is 0 Å². The summed E-state index contributed by atoms with van der Waals surface area (Å²) in [4.78, 5) is 2.76. The van der Waals surface area contributed by atoms with Crippen molar-refractivity contribution in [2.24, 2.45) is 5.41 Å². The first kappa shape index (κ1) is 24.2. The van der Waals surface area contributed by atoms with E-state index >= 15 is 0 Å².